The van der Waals surface area contributed by atoms with Crippen LogP contribution in [0.25, 0.3) is 11.3 Å². The molecule has 2 heterocycles. The first-order valence-corrected chi connectivity index (χ1v) is 11.2. The van der Waals surface area contributed by atoms with Crippen molar-refractivity contribution in [1.29, 1.82) is 0 Å². The van der Waals surface area contributed by atoms with E-state index in [0.717, 1.165) is 22.5 Å². The summed E-state index contributed by atoms with van der Waals surface area (Å²) >= 11 is 12.5. The fraction of sp³-hybridized carbons (Fsp3) is 0.300. The molecule has 0 saturated carbocycles. The molecule has 1 fully saturated rings. The zero-order valence-corrected chi connectivity index (χ0v) is 19.1. The summed E-state index contributed by atoms with van der Waals surface area (Å²) in [6, 6.07) is 2.39. The molecule has 0 radical (unpaired) electrons. The van der Waals surface area contributed by atoms with Crippen LogP contribution in [0.15, 0.2) is 35.4 Å². The first-order chi connectivity index (χ1) is 16.1. The molecule has 7 nitrogen and oxygen atoms in total. The molecule has 1 aliphatic heterocycles. The summed E-state index contributed by atoms with van der Waals surface area (Å²) in [5.41, 5.74) is -1.42. The van der Waals surface area contributed by atoms with Gasteiger partial charge in [0.2, 0.25) is 0 Å². The Morgan fingerprint density at radius 1 is 0.971 bits per heavy atom. The van der Waals surface area contributed by atoms with E-state index in [2.05, 4.69) is 10.3 Å². The molecule has 0 amide bonds. The van der Waals surface area contributed by atoms with Crippen molar-refractivity contribution in [2.24, 2.45) is 0 Å². The summed E-state index contributed by atoms with van der Waals surface area (Å²) in [6.45, 7) is -0.652. The lowest BCUT2D eigenvalue weighted by molar-refractivity contribution is -0.178. The summed E-state index contributed by atoms with van der Waals surface area (Å²) in [5.74, 6) is -5.25. The highest BCUT2D eigenvalue weighted by atomic mass is 35.5. The monoisotopic (exact) mass is 539 g/mol. The van der Waals surface area contributed by atoms with Gasteiger partial charge >= 0.3 is 0 Å². The van der Waals surface area contributed by atoms with Gasteiger partial charge in [0, 0.05) is 10.5 Å². The van der Waals surface area contributed by atoms with Crippen LogP contribution in [0.5, 0.6) is 0 Å². The number of benzene rings is 2. The summed E-state index contributed by atoms with van der Waals surface area (Å²) in [6.07, 6.45) is -3.05. The van der Waals surface area contributed by atoms with Crippen molar-refractivity contribution in [3.8, 4) is 11.3 Å². The average molecular weight is 540 g/mol. The summed E-state index contributed by atoms with van der Waals surface area (Å²) in [7, 11) is 0. The van der Waals surface area contributed by atoms with E-state index < -0.39 is 59.7 Å². The maximum absolute atomic E-state index is 14.4. The van der Waals surface area contributed by atoms with Gasteiger partial charge in [-0.2, -0.15) is 0 Å². The Balaban J connectivity index is 1.65. The Labute approximate surface area is 203 Å². The lowest BCUT2D eigenvalue weighted by Crippen LogP contribution is -2.55. The van der Waals surface area contributed by atoms with Crippen LogP contribution in [-0.4, -0.2) is 60.7 Å². The topological polar surface area (TPSA) is 101 Å². The molecule has 34 heavy (non-hydrogen) atoms. The molecule has 4 unspecified atom stereocenters. The molecule has 1 saturated heterocycles. The Morgan fingerprint density at radius 3 is 2.26 bits per heavy atom. The molecule has 5 atom stereocenters. The van der Waals surface area contributed by atoms with E-state index in [1.807, 2.05) is 0 Å². The predicted molar refractivity (Wildman–Crippen MR) is 114 cm³/mol. The fourth-order valence-corrected chi connectivity index (χ4v) is 4.94. The molecule has 4 rings (SSSR count). The third-order valence-corrected chi connectivity index (χ3v) is 7.07. The largest absolute Gasteiger partial charge is 0.394 e. The van der Waals surface area contributed by atoms with Crippen molar-refractivity contribution < 1.29 is 37.6 Å². The predicted octanol–water partition coefficient (Wildman–Crippen LogP) is 3.58. The number of aromatic nitrogens is 3. The third kappa shape index (κ3) is 4.76. The van der Waals surface area contributed by atoms with E-state index >= 15 is 0 Å². The number of hydrogen-bond donors (Lipinski definition) is 3. The zero-order valence-electron chi connectivity index (χ0n) is 16.7. The Morgan fingerprint density at radius 2 is 1.62 bits per heavy atom. The lowest BCUT2D eigenvalue weighted by atomic mass is 9.97. The summed E-state index contributed by atoms with van der Waals surface area (Å²) in [5, 5.41) is 38.8. The molecule has 1 aliphatic rings. The molecule has 14 heteroatoms. The SMILES string of the molecule is OCC1OC(Sc2cc(Cl)c(Cl)cc2F)[C@@H](O)C(n2cc(-c3cc(F)c(F)c(F)c3)nn2)C1O. The molecule has 2 aromatic carbocycles. The van der Waals surface area contributed by atoms with Gasteiger partial charge < -0.3 is 20.1 Å². The van der Waals surface area contributed by atoms with Gasteiger partial charge in [-0.05, 0) is 24.3 Å². The quantitative estimate of drug-likeness (QED) is 0.259. The minimum Gasteiger partial charge on any atom is -0.394 e. The molecule has 3 aromatic rings. The van der Waals surface area contributed by atoms with Crippen LogP contribution in [0.3, 0.4) is 0 Å². The second kappa shape index (κ2) is 9.97. The zero-order chi connectivity index (χ0) is 24.7. The minimum absolute atomic E-state index is 0.0122. The number of nitrogens with zero attached hydrogens (tertiary/aromatic N) is 3. The van der Waals surface area contributed by atoms with Gasteiger partial charge in [-0.25, -0.2) is 22.2 Å². The molecule has 0 spiro atoms. The van der Waals surface area contributed by atoms with Gasteiger partial charge in [-0.1, -0.05) is 40.2 Å². The Kier molecular flexibility index (Phi) is 7.38. The van der Waals surface area contributed by atoms with E-state index in [9.17, 15) is 32.9 Å². The van der Waals surface area contributed by atoms with Gasteiger partial charge in [0.25, 0.3) is 0 Å². The van der Waals surface area contributed by atoms with Crippen LogP contribution in [-0.2, 0) is 4.74 Å². The number of ether oxygens (including phenoxy) is 1. The number of aliphatic hydroxyl groups excluding tert-OH is 3. The average Bonchev–Trinajstić information content (AvgIpc) is 3.27. The summed E-state index contributed by atoms with van der Waals surface area (Å²) < 4.78 is 61.4. The Bertz CT molecular complexity index is 1200. The van der Waals surface area contributed by atoms with Crippen molar-refractivity contribution in [2.75, 3.05) is 6.61 Å². The molecule has 0 aliphatic carbocycles. The van der Waals surface area contributed by atoms with E-state index in [1.54, 1.807) is 0 Å². The van der Waals surface area contributed by atoms with Gasteiger partial charge in [-0.15, -0.1) is 5.10 Å². The van der Waals surface area contributed by atoms with Crippen molar-refractivity contribution in [1.82, 2.24) is 15.0 Å². The second-order valence-electron chi connectivity index (χ2n) is 7.35. The van der Waals surface area contributed by atoms with Crippen molar-refractivity contribution >= 4 is 35.0 Å². The molecule has 1 aromatic heterocycles. The second-order valence-corrected chi connectivity index (χ2v) is 9.30. The van der Waals surface area contributed by atoms with Crippen LogP contribution < -0.4 is 0 Å². The number of thioether (sulfide) groups is 1. The highest BCUT2D eigenvalue weighted by Crippen LogP contribution is 2.40. The molecule has 3 N–H and O–H groups in total. The number of aliphatic hydroxyl groups is 3. The highest BCUT2D eigenvalue weighted by molar-refractivity contribution is 7.99. The standard InChI is InChI=1S/C20H15Cl2F4N3O4S/c21-8-3-10(23)15(4-9(8)22)34-20-19(32)17(18(31)14(6-30)33-20)29-5-13(27-28-29)7-1-11(24)16(26)12(25)2-7/h1-5,14,17-20,30-32H,6H2/t14?,17?,18?,19-,20?/m0/s1. The van der Waals surface area contributed by atoms with Crippen LogP contribution >= 0.6 is 35.0 Å². The van der Waals surface area contributed by atoms with Crippen LogP contribution in [0.1, 0.15) is 6.04 Å². The minimum atomic E-state index is -1.65. The number of rotatable bonds is 5. The molecular formula is C20H15Cl2F4N3O4S. The first kappa shape index (κ1) is 25.2. The first-order valence-electron chi connectivity index (χ1n) is 9.61. The number of halogens is 6. The molecule has 0 bridgehead atoms. The van der Waals surface area contributed by atoms with Crippen molar-refractivity contribution in [2.45, 2.75) is 34.7 Å². The molecular weight excluding hydrogens is 525 g/mol. The van der Waals surface area contributed by atoms with Crippen molar-refractivity contribution in [3.05, 3.63) is 63.8 Å². The normalized spacial score (nSPS) is 25.0. The van der Waals surface area contributed by atoms with Crippen LogP contribution in [0, 0.1) is 23.3 Å². The van der Waals surface area contributed by atoms with Crippen molar-refractivity contribution in [3.63, 3.8) is 0 Å². The number of hydrogen-bond acceptors (Lipinski definition) is 7. The van der Waals surface area contributed by atoms with E-state index in [4.69, 9.17) is 27.9 Å². The maximum atomic E-state index is 14.4. The Hall–Kier alpha value is -1.93. The smallest absolute Gasteiger partial charge is 0.194 e. The fourth-order valence-electron chi connectivity index (χ4n) is 3.46. The lowest BCUT2D eigenvalue weighted by Gasteiger charge is -2.41. The molecule has 182 valence electrons. The van der Waals surface area contributed by atoms with Gasteiger partial charge in [0.15, 0.2) is 17.5 Å². The van der Waals surface area contributed by atoms with Crippen LogP contribution in [0.4, 0.5) is 17.6 Å². The highest BCUT2D eigenvalue weighted by Gasteiger charge is 2.46. The van der Waals surface area contributed by atoms with Gasteiger partial charge in [0.1, 0.15) is 41.3 Å². The van der Waals surface area contributed by atoms with E-state index in [0.29, 0.717) is 12.1 Å². The van der Waals surface area contributed by atoms with E-state index in [1.165, 1.54) is 12.3 Å². The van der Waals surface area contributed by atoms with Crippen LogP contribution in [0.2, 0.25) is 10.0 Å². The maximum Gasteiger partial charge on any atom is 0.194 e. The summed E-state index contributed by atoms with van der Waals surface area (Å²) in [4.78, 5) is -0.0122. The van der Waals surface area contributed by atoms with Gasteiger partial charge in [-0.3, -0.25) is 0 Å². The third-order valence-electron chi connectivity index (χ3n) is 5.16. The van der Waals surface area contributed by atoms with E-state index in [-0.39, 0.29) is 26.2 Å². The van der Waals surface area contributed by atoms with Gasteiger partial charge in [0.05, 0.1) is 22.8 Å².